The smallest absolute Gasteiger partial charge is 0.459 e. The maximum absolute atomic E-state index is 14.4. The SMILES string of the molecule is CC(C)OC(=O)[C@H](C)NP(=O)(OC[C@@]1(C(F)F)O[C@@H](n2ccc(N)nc2=O)[C@H](O)[C@H]1O)Oc1ccccc1. The molecule has 1 aliphatic heterocycles. The predicted octanol–water partition coefficient (Wildman–Crippen LogP) is 1.21. The fourth-order valence-electron chi connectivity index (χ4n) is 3.53. The number of carbonyl (C=O) groups is 1. The Bertz CT molecular complexity index is 1220. The Morgan fingerprint density at radius 2 is 1.92 bits per heavy atom. The molecule has 210 valence electrons. The van der Waals surface area contributed by atoms with E-state index in [-0.39, 0.29) is 11.6 Å². The maximum atomic E-state index is 14.4. The van der Waals surface area contributed by atoms with Crippen molar-refractivity contribution in [2.75, 3.05) is 12.3 Å². The Morgan fingerprint density at radius 3 is 2.50 bits per heavy atom. The number of nitrogens with zero attached hydrogens (tertiary/aromatic N) is 2. The highest BCUT2D eigenvalue weighted by atomic mass is 31.2. The molecule has 6 atom stereocenters. The molecule has 1 aromatic carbocycles. The number of halogens is 2. The van der Waals surface area contributed by atoms with Crippen molar-refractivity contribution in [3.63, 3.8) is 0 Å². The Kier molecular flexibility index (Phi) is 9.23. The molecule has 0 saturated carbocycles. The number of hydrogen-bond donors (Lipinski definition) is 4. The largest absolute Gasteiger partial charge is 0.462 e. The number of nitrogens with two attached hydrogens (primary N) is 1. The van der Waals surface area contributed by atoms with Crippen LogP contribution in [0.15, 0.2) is 47.4 Å². The number of benzene rings is 1. The average molecular weight is 562 g/mol. The highest BCUT2D eigenvalue weighted by molar-refractivity contribution is 7.52. The number of rotatable bonds is 11. The molecule has 0 radical (unpaired) electrons. The molecule has 1 fully saturated rings. The van der Waals surface area contributed by atoms with Crippen molar-refractivity contribution in [2.45, 2.75) is 63.4 Å². The number of esters is 1. The zero-order valence-electron chi connectivity index (χ0n) is 20.6. The molecule has 0 amide bonds. The number of nitrogen functional groups attached to an aromatic ring is 1. The summed E-state index contributed by atoms with van der Waals surface area (Å²) in [5.74, 6) is -0.992. The van der Waals surface area contributed by atoms with Gasteiger partial charge in [-0.05, 0) is 39.0 Å². The normalized spacial score (nSPS) is 25.8. The molecule has 0 bridgehead atoms. The zero-order chi connectivity index (χ0) is 28.3. The molecular formula is C22H29F2N4O9P. The minimum absolute atomic E-state index is 0.00385. The zero-order valence-corrected chi connectivity index (χ0v) is 21.5. The lowest BCUT2D eigenvalue weighted by molar-refractivity contribution is -0.192. The summed E-state index contributed by atoms with van der Waals surface area (Å²) in [6.07, 6.45) is -9.14. The predicted molar refractivity (Wildman–Crippen MR) is 128 cm³/mol. The minimum atomic E-state index is -4.64. The van der Waals surface area contributed by atoms with Gasteiger partial charge in [-0.2, -0.15) is 10.1 Å². The summed E-state index contributed by atoms with van der Waals surface area (Å²) < 4.78 is 64.1. The number of aromatic nitrogens is 2. The summed E-state index contributed by atoms with van der Waals surface area (Å²) in [6, 6.07) is 7.41. The van der Waals surface area contributed by atoms with E-state index in [4.69, 9.17) is 24.3 Å². The van der Waals surface area contributed by atoms with Crippen molar-refractivity contribution in [2.24, 2.45) is 0 Å². The lowest BCUT2D eigenvalue weighted by atomic mass is 9.96. The lowest BCUT2D eigenvalue weighted by Crippen LogP contribution is -2.53. The van der Waals surface area contributed by atoms with Crippen molar-refractivity contribution in [3.8, 4) is 5.75 Å². The first-order valence-electron chi connectivity index (χ1n) is 11.4. The van der Waals surface area contributed by atoms with Gasteiger partial charge < -0.3 is 29.9 Å². The summed E-state index contributed by atoms with van der Waals surface area (Å²) in [6.45, 7) is 3.19. The van der Waals surface area contributed by atoms with E-state index in [0.29, 0.717) is 4.57 Å². The van der Waals surface area contributed by atoms with Gasteiger partial charge in [0.25, 0.3) is 6.43 Å². The number of anilines is 1. The van der Waals surface area contributed by atoms with E-state index in [2.05, 4.69) is 10.1 Å². The van der Waals surface area contributed by atoms with E-state index in [0.717, 1.165) is 12.3 Å². The highest BCUT2D eigenvalue weighted by Crippen LogP contribution is 2.49. The molecule has 1 aromatic heterocycles. The number of nitrogens with one attached hydrogen (secondary N) is 1. The van der Waals surface area contributed by atoms with E-state index >= 15 is 0 Å². The summed E-state index contributed by atoms with van der Waals surface area (Å²) in [5, 5.41) is 23.4. The van der Waals surface area contributed by atoms with Gasteiger partial charge in [-0.25, -0.2) is 18.1 Å². The van der Waals surface area contributed by atoms with Crippen LogP contribution in [0.2, 0.25) is 0 Å². The minimum Gasteiger partial charge on any atom is -0.462 e. The Hall–Kier alpha value is -2.94. The van der Waals surface area contributed by atoms with E-state index in [1.807, 2.05) is 0 Å². The van der Waals surface area contributed by atoms with Crippen molar-refractivity contribution < 1.29 is 46.9 Å². The van der Waals surface area contributed by atoms with Gasteiger partial charge in [-0.15, -0.1) is 0 Å². The number of para-hydroxylation sites is 1. The Morgan fingerprint density at radius 1 is 1.26 bits per heavy atom. The number of hydrogen-bond acceptors (Lipinski definition) is 11. The molecule has 0 spiro atoms. The lowest BCUT2D eigenvalue weighted by Gasteiger charge is -2.32. The molecule has 0 aliphatic carbocycles. The molecule has 1 unspecified atom stereocenters. The van der Waals surface area contributed by atoms with Gasteiger partial charge in [-0.3, -0.25) is 13.9 Å². The third kappa shape index (κ3) is 6.54. The van der Waals surface area contributed by atoms with Crippen LogP contribution >= 0.6 is 7.75 Å². The van der Waals surface area contributed by atoms with Crippen LogP contribution in [0.4, 0.5) is 14.6 Å². The van der Waals surface area contributed by atoms with Gasteiger partial charge in [0, 0.05) is 6.20 Å². The highest BCUT2D eigenvalue weighted by Gasteiger charge is 2.61. The third-order valence-corrected chi connectivity index (χ3v) is 7.06. The van der Waals surface area contributed by atoms with Gasteiger partial charge in [0.1, 0.15) is 29.8 Å². The van der Waals surface area contributed by atoms with Crippen molar-refractivity contribution in [1.29, 1.82) is 0 Å². The molecular weight excluding hydrogens is 533 g/mol. The molecule has 2 heterocycles. The summed E-state index contributed by atoms with van der Waals surface area (Å²) in [7, 11) is -4.64. The van der Waals surface area contributed by atoms with Gasteiger partial charge in [-0.1, -0.05) is 18.2 Å². The van der Waals surface area contributed by atoms with E-state index in [9.17, 15) is 33.1 Å². The van der Waals surface area contributed by atoms with Gasteiger partial charge in [0.05, 0.1) is 12.7 Å². The van der Waals surface area contributed by atoms with Crippen LogP contribution in [0.5, 0.6) is 5.75 Å². The van der Waals surface area contributed by atoms with Crippen LogP contribution < -0.4 is 21.0 Å². The number of aliphatic hydroxyl groups is 2. The van der Waals surface area contributed by atoms with Crippen LogP contribution in [0.25, 0.3) is 0 Å². The number of carbonyl (C=O) groups excluding carboxylic acids is 1. The van der Waals surface area contributed by atoms with Crippen LogP contribution in [-0.4, -0.2) is 68.7 Å². The van der Waals surface area contributed by atoms with E-state index < -0.39 is 68.6 Å². The first-order chi connectivity index (χ1) is 17.8. The van der Waals surface area contributed by atoms with E-state index in [1.165, 1.54) is 19.1 Å². The molecule has 5 N–H and O–H groups in total. The monoisotopic (exact) mass is 562 g/mol. The fourth-order valence-corrected chi connectivity index (χ4v) is 5.06. The third-order valence-electron chi connectivity index (χ3n) is 5.44. The number of ether oxygens (including phenoxy) is 2. The van der Waals surface area contributed by atoms with Crippen molar-refractivity contribution >= 4 is 19.5 Å². The Labute approximate surface area is 216 Å². The molecule has 16 heteroatoms. The van der Waals surface area contributed by atoms with E-state index in [1.54, 1.807) is 32.0 Å². The molecule has 1 aliphatic rings. The Balaban J connectivity index is 1.90. The summed E-state index contributed by atoms with van der Waals surface area (Å²) in [4.78, 5) is 27.9. The first-order valence-corrected chi connectivity index (χ1v) is 13.0. The van der Waals surface area contributed by atoms with Crippen LogP contribution in [0.3, 0.4) is 0 Å². The standard InChI is InChI=1S/C22H29F2N4O9P/c1-12(2)35-19(31)13(3)27-38(33,37-14-7-5-4-6-8-14)34-11-22(20(23)24)17(30)16(29)18(36-22)28-10-9-15(25)26-21(28)32/h4-10,12-13,16-18,20,29-30H,11H2,1-3H3,(H,27,33)(H2,25,26,32)/t13-,16+,17+,18+,22+,38?/m0/s1. The van der Waals surface area contributed by atoms with Crippen LogP contribution in [-0.2, 0) is 23.4 Å². The first kappa shape index (κ1) is 29.6. The van der Waals surface area contributed by atoms with Gasteiger partial charge in [0.2, 0.25) is 0 Å². The van der Waals surface area contributed by atoms with Crippen LogP contribution in [0, 0.1) is 0 Å². The second kappa shape index (κ2) is 11.8. The molecule has 1 saturated heterocycles. The quantitative estimate of drug-likeness (QED) is 0.227. The number of aliphatic hydroxyl groups excluding tert-OH is 2. The topological polar surface area (TPSA) is 184 Å². The molecule has 3 rings (SSSR count). The van der Waals surface area contributed by atoms with Gasteiger partial charge >= 0.3 is 19.4 Å². The van der Waals surface area contributed by atoms with Crippen molar-refractivity contribution in [1.82, 2.24) is 14.6 Å². The number of alkyl halides is 2. The molecule has 13 nitrogen and oxygen atoms in total. The maximum Gasteiger partial charge on any atom is 0.459 e. The second-order valence-corrected chi connectivity index (χ2v) is 10.4. The average Bonchev–Trinajstić information content (AvgIpc) is 3.09. The van der Waals surface area contributed by atoms with Gasteiger partial charge in [0.15, 0.2) is 11.8 Å². The summed E-state index contributed by atoms with van der Waals surface area (Å²) >= 11 is 0. The van der Waals surface area contributed by atoms with Crippen molar-refractivity contribution in [3.05, 3.63) is 53.1 Å². The molecule has 38 heavy (non-hydrogen) atoms. The van der Waals surface area contributed by atoms with Crippen LogP contribution in [0.1, 0.15) is 27.0 Å². The fraction of sp³-hybridized carbons (Fsp3) is 0.500. The molecule has 2 aromatic rings. The summed E-state index contributed by atoms with van der Waals surface area (Å²) in [5.41, 5.74) is 1.43. The second-order valence-electron chi connectivity index (χ2n) is 8.75.